The summed E-state index contributed by atoms with van der Waals surface area (Å²) in [6.07, 6.45) is 4.69. The number of methoxy groups -OCH3 is 1. The van der Waals surface area contributed by atoms with Crippen molar-refractivity contribution in [3.63, 3.8) is 0 Å². The van der Waals surface area contributed by atoms with Crippen molar-refractivity contribution in [3.05, 3.63) is 72.2 Å². The summed E-state index contributed by atoms with van der Waals surface area (Å²) in [6, 6.07) is 6.54. The van der Waals surface area contributed by atoms with Gasteiger partial charge in [0.2, 0.25) is 5.91 Å². The average Bonchev–Trinajstić information content (AvgIpc) is 3.66. The minimum atomic E-state index is -0.928. The van der Waals surface area contributed by atoms with Crippen molar-refractivity contribution in [1.82, 2.24) is 20.1 Å². The van der Waals surface area contributed by atoms with E-state index < -0.39 is 35.9 Å². The summed E-state index contributed by atoms with van der Waals surface area (Å²) in [4.78, 5) is 61.3. The minimum absolute atomic E-state index is 0. The van der Waals surface area contributed by atoms with Crippen molar-refractivity contribution in [1.29, 1.82) is 0 Å². The molecule has 1 aromatic carbocycles. The van der Waals surface area contributed by atoms with Gasteiger partial charge in [-0.2, -0.15) is 0 Å². The number of ether oxygens (including phenoxy) is 1. The maximum absolute atomic E-state index is 14.2. The van der Waals surface area contributed by atoms with E-state index in [1.54, 1.807) is 36.4 Å². The molecule has 0 bridgehead atoms. The number of carbonyl (C=O) groups excluding carboxylic acids is 3. The van der Waals surface area contributed by atoms with Crippen LogP contribution in [0.4, 0.5) is 5.69 Å². The zero-order chi connectivity index (χ0) is 41.1. The molecule has 2 aromatic rings. The third-order valence-corrected chi connectivity index (χ3v) is 11.4. The van der Waals surface area contributed by atoms with E-state index in [4.69, 9.17) is 10.5 Å². The van der Waals surface area contributed by atoms with Gasteiger partial charge in [-0.25, -0.2) is 4.98 Å². The van der Waals surface area contributed by atoms with Crippen LogP contribution in [0.2, 0.25) is 0 Å². The number of nitrogen functional groups attached to an aromatic ring is 1. The summed E-state index contributed by atoms with van der Waals surface area (Å²) in [6.45, 7) is 22.8. The molecule has 1 saturated heterocycles. The van der Waals surface area contributed by atoms with Gasteiger partial charge in [0.05, 0.1) is 12.0 Å². The molecule has 1 fully saturated rings. The lowest BCUT2D eigenvalue weighted by molar-refractivity contribution is -0.143. The number of anilines is 1. The third kappa shape index (κ3) is 15.7. The molecule has 0 radical (unpaired) electrons. The predicted molar refractivity (Wildman–Crippen MR) is 227 cm³/mol. The van der Waals surface area contributed by atoms with Gasteiger partial charge in [-0.05, 0) is 68.8 Å². The van der Waals surface area contributed by atoms with Gasteiger partial charge >= 0.3 is 5.97 Å². The topological polar surface area (TPSA) is 155 Å². The number of Topliss-reactive ketones (excluding diaryl/α,β-unsaturated/α-hetero) is 1. The number of aliphatic carboxylic acids is 1. The minimum Gasteiger partial charge on any atom is -0.481 e. The average molecular weight is 786 g/mol. The van der Waals surface area contributed by atoms with Crippen LogP contribution in [0.3, 0.4) is 0 Å². The standard InChI is InChI=1S/C38H59N5O6S.2C2H4.CH4/c1-9-24(4)29(20-33(44)31-12-10-11-17-42(31)6)37(46)43(7)32(23(2)3)21-34(49-8)36-41-30(22-50-36)35(45)40-28(18-25(5)38(47)48)19-26-13-15-27(39)16-14-26;2*1-2;/h13-16,22-25,28-29,31-32,34H,9-12,17-21,39H2,1-8H3,(H,40,45)(H,47,48);2*1-2H2;1H4/t24-,25-,28+,29-,31+,32+,34+;;;/m0.../s1. The fourth-order valence-corrected chi connectivity index (χ4v) is 7.82. The smallest absolute Gasteiger partial charge is 0.306 e. The van der Waals surface area contributed by atoms with Crippen molar-refractivity contribution in [2.75, 3.05) is 33.5 Å². The van der Waals surface area contributed by atoms with E-state index >= 15 is 0 Å². The Morgan fingerprint density at radius 3 is 2.22 bits per heavy atom. The molecule has 2 heterocycles. The second-order valence-corrected chi connectivity index (χ2v) is 15.4. The molecule has 55 heavy (non-hydrogen) atoms. The first kappa shape index (κ1) is 51.1. The number of amides is 2. The number of hydrogen-bond acceptors (Lipinski definition) is 9. The van der Waals surface area contributed by atoms with Gasteiger partial charge in [0.25, 0.3) is 5.91 Å². The van der Waals surface area contributed by atoms with E-state index in [0.29, 0.717) is 23.5 Å². The van der Waals surface area contributed by atoms with Crippen LogP contribution >= 0.6 is 11.3 Å². The number of nitrogens with two attached hydrogens (primary N) is 1. The van der Waals surface area contributed by atoms with E-state index in [2.05, 4.69) is 69.2 Å². The highest BCUT2D eigenvalue weighted by Gasteiger charge is 2.37. The molecule has 1 aliphatic heterocycles. The Morgan fingerprint density at radius 1 is 1.07 bits per heavy atom. The van der Waals surface area contributed by atoms with Crippen LogP contribution in [0, 0.1) is 23.7 Å². The molecule has 0 aliphatic carbocycles. The number of piperidine rings is 1. The number of nitrogens with one attached hydrogen (secondary N) is 1. The number of likely N-dealkylation sites (N-methyl/N-ethyl adjacent to an activating group) is 1. The van der Waals surface area contributed by atoms with Crippen molar-refractivity contribution < 1.29 is 29.0 Å². The molecule has 0 unspecified atom stereocenters. The molecule has 0 saturated carbocycles. The van der Waals surface area contributed by atoms with E-state index in [1.165, 1.54) is 11.3 Å². The Bertz CT molecular complexity index is 1450. The molecule has 0 spiro atoms. The molecule has 11 nitrogen and oxygen atoms in total. The van der Waals surface area contributed by atoms with Crippen LogP contribution in [0.25, 0.3) is 0 Å². The van der Waals surface area contributed by atoms with Gasteiger partial charge in [0.15, 0.2) is 5.78 Å². The van der Waals surface area contributed by atoms with E-state index in [0.717, 1.165) is 37.8 Å². The predicted octanol–water partition coefficient (Wildman–Crippen LogP) is 8.08. The third-order valence-electron chi connectivity index (χ3n) is 10.5. The molecular weight excluding hydrogens is 715 g/mol. The number of ketones is 1. The first-order valence-corrected chi connectivity index (χ1v) is 19.9. The lowest BCUT2D eigenvalue weighted by atomic mass is 9.83. The summed E-state index contributed by atoms with van der Waals surface area (Å²) in [5.41, 5.74) is 7.61. The van der Waals surface area contributed by atoms with Gasteiger partial charge < -0.3 is 25.8 Å². The van der Waals surface area contributed by atoms with Gasteiger partial charge in [-0.3, -0.25) is 24.1 Å². The second kappa shape index (κ2) is 26.1. The maximum Gasteiger partial charge on any atom is 0.306 e. The number of benzene rings is 1. The first-order chi connectivity index (χ1) is 25.7. The largest absolute Gasteiger partial charge is 0.481 e. The number of hydrogen-bond donors (Lipinski definition) is 3. The number of rotatable bonds is 19. The van der Waals surface area contributed by atoms with Crippen LogP contribution in [0.1, 0.15) is 114 Å². The fourth-order valence-electron chi connectivity index (χ4n) is 6.93. The number of thiazole rings is 1. The van der Waals surface area contributed by atoms with E-state index in [-0.39, 0.29) is 61.6 Å². The second-order valence-electron chi connectivity index (χ2n) is 14.5. The first-order valence-electron chi connectivity index (χ1n) is 19.0. The van der Waals surface area contributed by atoms with Crippen LogP contribution in [0.15, 0.2) is 56.0 Å². The van der Waals surface area contributed by atoms with E-state index in [9.17, 15) is 24.3 Å². The Kier molecular flexibility index (Phi) is 24.2. The van der Waals surface area contributed by atoms with Gasteiger partial charge in [0, 0.05) is 56.1 Å². The number of likely N-dealkylation sites (tertiary alicyclic amines) is 1. The molecular formula is C43H71N5O6S. The zero-order valence-electron chi connectivity index (χ0n) is 34.0. The normalized spacial score (nSPS) is 17.3. The summed E-state index contributed by atoms with van der Waals surface area (Å²) in [7, 11) is 5.43. The number of carboxylic acid groups (broad SMARTS) is 1. The van der Waals surface area contributed by atoms with Crippen LogP contribution in [-0.2, 0) is 25.5 Å². The van der Waals surface area contributed by atoms with Crippen molar-refractivity contribution in [3.8, 4) is 0 Å². The lowest BCUT2D eigenvalue weighted by Crippen LogP contribution is -2.48. The highest BCUT2D eigenvalue weighted by Crippen LogP contribution is 2.32. The Labute approximate surface area is 335 Å². The van der Waals surface area contributed by atoms with Gasteiger partial charge in [-0.1, -0.05) is 67.0 Å². The molecule has 1 aliphatic rings. The Hall–Kier alpha value is -3.87. The Balaban J connectivity index is 0.00000564. The monoisotopic (exact) mass is 786 g/mol. The maximum atomic E-state index is 14.2. The molecule has 1 aromatic heterocycles. The fraction of sp³-hybridized carbons (Fsp3) is 0.605. The summed E-state index contributed by atoms with van der Waals surface area (Å²) < 4.78 is 5.92. The molecule has 7 atom stereocenters. The molecule has 2 amide bonds. The summed E-state index contributed by atoms with van der Waals surface area (Å²) >= 11 is 1.32. The highest BCUT2D eigenvalue weighted by molar-refractivity contribution is 7.09. The number of aromatic nitrogens is 1. The number of nitrogens with zero attached hydrogens (tertiary/aromatic N) is 3. The van der Waals surface area contributed by atoms with Crippen LogP contribution in [0.5, 0.6) is 0 Å². The zero-order valence-corrected chi connectivity index (χ0v) is 34.8. The van der Waals surface area contributed by atoms with Gasteiger partial charge in [-0.15, -0.1) is 37.7 Å². The summed E-state index contributed by atoms with van der Waals surface area (Å²) in [5.74, 6) is -2.12. The van der Waals surface area contributed by atoms with Gasteiger partial charge in [0.1, 0.15) is 16.8 Å². The van der Waals surface area contributed by atoms with E-state index in [1.807, 2.05) is 26.2 Å². The van der Waals surface area contributed by atoms with Crippen LogP contribution < -0.4 is 11.1 Å². The van der Waals surface area contributed by atoms with Crippen LogP contribution in [-0.4, -0.2) is 89.3 Å². The van der Waals surface area contributed by atoms with Crippen molar-refractivity contribution >= 4 is 40.6 Å². The van der Waals surface area contributed by atoms with Crippen molar-refractivity contribution in [2.24, 2.45) is 23.7 Å². The molecule has 12 heteroatoms. The number of carbonyl (C=O) groups is 4. The Morgan fingerprint density at radius 2 is 1.69 bits per heavy atom. The summed E-state index contributed by atoms with van der Waals surface area (Å²) in [5, 5.41) is 14.8. The molecule has 3 rings (SSSR count). The highest BCUT2D eigenvalue weighted by atomic mass is 32.1. The lowest BCUT2D eigenvalue weighted by Gasteiger charge is -2.37. The van der Waals surface area contributed by atoms with Crippen molar-refractivity contribution in [2.45, 2.75) is 118 Å². The molecule has 310 valence electrons. The number of carboxylic acids is 1. The SMILES string of the molecule is C.C=C.C=C.CC[C@H](C)[C@H](CC(=O)[C@H]1CCCCN1C)C(=O)N(C)[C@H](C[C@@H](OC)c1nc(C(=O)N[C@@H](Cc2ccc(N)cc2)C[C@H](C)C(=O)O)cs1)C(C)C. The quantitative estimate of drug-likeness (QED) is 0.0947. The molecule has 4 N–H and O–H groups in total.